The van der Waals surface area contributed by atoms with E-state index >= 15 is 0 Å². The van der Waals surface area contributed by atoms with Crippen molar-refractivity contribution in [3.05, 3.63) is 54.1 Å². The normalized spacial score (nSPS) is 15.0. The van der Waals surface area contributed by atoms with Crippen molar-refractivity contribution in [1.82, 2.24) is 14.9 Å². The number of imidazole rings is 1. The van der Waals surface area contributed by atoms with Gasteiger partial charge < -0.3 is 15.0 Å². The fourth-order valence-corrected chi connectivity index (χ4v) is 2.67. The van der Waals surface area contributed by atoms with E-state index in [-0.39, 0.29) is 5.91 Å². The number of benzene rings is 1. The molecular formula is C18H25N3O2. The molecule has 1 fully saturated rings. The molecule has 1 amide bonds. The molecule has 1 aromatic heterocycles. The van der Waals surface area contributed by atoms with Crippen molar-refractivity contribution in [2.75, 3.05) is 19.7 Å². The summed E-state index contributed by atoms with van der Waals surface area (Å²) in [6, 6.07) is 10.5. The molecule has 1 aliphatic rings. The number of nitrogens with one attached hydrogen (secondary N) is 1. The standard InChI is InChI=1S/C15H17N3O.C3H8O/c19-15(14-16-8-9-17-14)18-10-6-13(7-11-18)12-4-2-1-3-5-12;1-2-3-4/h1-5,8-9,13H,6-7,10-11H2,(H,16,17);4H,2-3H2,1H3. The van der Waals surface area contributed by atoms with Gasteiger partial charge in [-0.15, -0.1) is 0 Å². The number of carbonyl (C=O) groups is 1. The Balaban J connectivity index is 0.000000433. The Morgan fingerprint density at radius 2 is 1.96 bits per heavy atom. The number of aromatic nitrogens is 2. The number of aliphatic hydroxyl groups is 1. The number of nitrogens with zero attached hydrogens (tertiary/aromatic N) is 2. The topological polar surface area (TPSA) is 69.2 Å². The van der Waals surface area contributed by atoms with Gasteiger partial charge in [0.2, 0.25) is 0 Å². The number of H-pyrrole nitrogens is 1. The molecule has 124 valence electrons. The molecule has 2 N–H and O–H groups in total. The first kappa shape index (κ1) is 17.2. The van der Waals surface area contributed by atoms with Gasteiger partial charge in [-0.2, -0.15) is 0 Å². The van der Waals surface area contributed by atoms with Crippen LogP contribution in [0.4, 0.5) is 0 Å². The van der Waals surface area contributed by atoms with Gasteiger partial charge in [-0.05, 0) is 30.7 Å². The van der Waals surface area contributed by atoms with Gasteiger partial charge in [-0.1, -0.05) is 37.3 Å². The molecule has 2 heterocycles. The summed E-state index contributed by atoms with van der Waals surface area (Å²) in [5.41, 5.74) is 1.38. The summed E-state index contributed by atoms with van der Waals surface area (Å²) >= 11 is 0. The van der Waals surface area contributed by atoms with Gasteiger partial charge in [0.15, 0.2) is 5.82 Å². The highest BCUT2D eigenvalue weighted by atomic mass is 16.2. The highest BCUT2D eigenvalue weighted by Crippen LogP contribution is 2.28. The average Bonchev–Trinajstić information content (AvgIpc) is 3.17. The van der Waals surface area contributed by atoms with Gasteiger partial charge in [0.1, 0.15) is 0 Å². The Hall–Kier alpha value is -2.14. The van der Waals surface area contributed by atoms with Crippen molar-refractivity contribution in [1.29, 1.82) is 0 Å². The minimum absolute atomic E-state index is 0.0107. The van der Waals surface area contributed by atoms with E-state index in [1.165, 1.54) is 5.56 Å². The molecule has 0 unspecified atom stereocenters. The highest BCUT2D eigenvalue weighted by Gasteiger charge is 2.25. The Bertz CT molecular complexity index is 559. The molecule has 1 aromatic carbocycles. The van der Waals surface area contributed by atoms with Crippen LogP contribution in [0.1, 0.15) is 48.3 Å². The van der Waals surface area contributed by atoms with E-state index in [1.54, 1.807) is 12.4 Å². The first-order valence-corrected chi connectivity index (χ1v) is 8.20. The molecule has 5 heteroatoms. The molecule has 1 saturated heterocycles. The number of hydrogen-bond donors (Lipinski definition) is 2. The summed E-state index contributed by atoms with van der Waals surface area (Å²) in [4.78, 5) is 20.9. The van der Waals surface area contributed by atoms with Crippen LogP contribution in [0.2, 0.25) is 0 Å². The van der Waals surface area contributed by atoms with E-state index in [0.29, 0.717) is 18.3 Å². The number of aromatic amines is 1. The summed E-state index contributed by atoms with van der Waals surface area (Å²) in [7, 11) is 0. The molecule has 5 nitrogen and oxygen atoms in total. The van der Waals surface area contributed by atoms with Gasteiger partial charge in [-0.3, -0.25) is 4.79 Å². The molecule has 0 atom stereocenters. The smallest absolute Gasteiger partial charge is 0.289 e. The average molecular weight is 315 g/mol. The molecule has 3 rings (SSSR count). The van der Waals surface area contributed by atoms with Crippen LogP contribution in [0.3, 0.4) is 0 Å². The lowest BCUT2D eigenvalue weighted by Gasteiger charge is -2.31. The van der Waals surface area contributed by atoms with Crippen LogP contribution in [-0.2, 0) is 0 Å². The van der Waals surface area contributed by atoms with E-state index in [4.69, 9.17) is 5.11 Å². The molecule has 0 aliphatic carbocycles. The maximum atomic E-state index is 12.1. The molecule has 0 spiro atoms. The predicted octanol–water partition coefficient (Wildman–Crippen LogP) is 2.82. The second-order valence-electron chi connectivity index (χ2n) is 5.64. The van der Waals surface area contributed by atoms with Crippen molar-refractivity contribution in [2.24, 2.45) is 0 Å². The Morgan fingerprint density at radius 1 is 1.30 bits per heavy atom. The maximum Gasteiger partial charge on any atom is 0.289 e. The van der Waals surface area contributed by atoms with Crippen LogP contribution in [0.15, 0.2) is 42.7 Å². The first-order valence-electron chi connectivity index (χ1n) is 8.20. The van der Waals surface area contributed by atoms with E-state index in [1.807, 2.05) is 17.9 Å². The predicted molar refractivity (Wildman–Crippen MR) is 90.3 cm³/mol. The zero-order valence-electron chi connectivity index (χ0n) is 13.6. The summed E-state index contributed by atoms with van der Waals surface area (Å²) in [6.45, 7) is 3.86. The lowest BCUT2D eigenvalue weighted by molar-refractivity contribution is 0.0701. The number of hydrogen-bond acceptors (Lipinski definition) is 3. The lowest BCUT2D eigenvalue weighted by Crippen LogP contribution is -2.38. The second-order valence-corrected chi connectivity index (χ2v) is 5.64. The summed E-state index contributed by atoms with van der Waals surface area (Å²) in [5.74, 6) is 1.02. The Labute approximate surface area is 137 Å². The van der Waals surface area contributed by atoms with Gasteiger partial charge in [0.25, 0.3) is 5.91 Å². The lowest BCUT2D eigenvalue weighted by atomic mass is 9.89. The molecule has 1 aliphatic heterocycles. The van der Waals surface area contributed by atoms with Gasteiger partial charge in [0.05, 0.1) is 0 Å². The second kappa shape index (κ2) is 9.10. The van der Waals surface area contributed by atoms with Gasteiger partial charge in [0, 0.05) is 32.1 Å². The minimum atomic E-state index is 0.0107. The molecule has 23 heavy (non-hydrogen) atoms. The van der Waals surface area contributed by atoms with Crippen LogP contribution in [0, 0.1) is 0 Å². The largest absolute Gasteiger partial charge is 0.396 e. The Kier molecular flexibility index (Phi) is 6.81. The summed E-state index contributed by atoms with van der Waals surface area (Å²) in [6.07, 6.45) is 6.22. The number of piperidine rings is 1. The van der Waals surface area contributed by atoms with Crippen molar-refractivity contribution in [3.8, 4) is 0 Å². The molecular weight excluding hydrogens is 290 g/mol. The van der Waals surface area contributed by atoms with Crippen LogP contribution in [0.5, 0.6) is 0 Å². The van der Waals surface area contributed by atoms with E-state index in [9.17, 15) is 4.79 Å². The zero-order valence-corrected chi connectivity index (χ0v) is 13.6. The third kappa shape index (κ3) is 4.93. The number of aliphatic hydroxyl groups excluding tert-OH is 1. The number of amides is 1. The van der Waals surface area contributed by atoms with Crippen LogP contribution in [-0.4, -0.2) is 45.6 Å². The third-order valence-corrected chi connectivity index (χ3v) is 3.98. The SMILES string of the molecule is CCCO.O=C(c1ncc[nH]1)N1CCC(c2ccccc2)CC1. The first-order chi connectivity index (χ1) is 11.3. The number of rotatable bonds is 3. The Morgan fingerprint density at radius 3 is 2.48 bits per heavy atom. The van der Waals surface area contributed by atoms with Crippen molar-refractivity contribution < 1.29 is 9.90 Å². The van der Waals surface area contributed by atoms with Crippen LogP contribution in [0.25, 0.3) is 0 Å². The minimum Gasteiger partial charge on any atom is -0.396 e. The van der Waals surface area contributed by atoms with Crippen LogP contribution >= 0.6 is 0 Å². The van der Waals surface area contributed by atoms with Crippen LogP contribution < -0.4 is 0 Å². The van der Waals surface area contributed by atoms with E-state index < -0.39 is 0 Å². The van der Waals surface area contributed by atoms with Crippen molar-refractivity contribution in [2.45, 2.75) is 32.1 Å². The third-order valence-electron chi connectivity index (χ3n) is 3.98. The fourth-order valence-electron chi connectivity index (χ4n) is 2.67. The van der Waals surface area contributed by atoms with E-state index in [0.717, 1.165) is 32.4 Å². The maximum absolute atomic E-state index is 12.1. The van der Waals surface area contributed by atoms with Crippen molar-refractivity contribution in [3.63, 3.8) is 0 Å². The fraction of sp³-hybridized carbons (Fsp3) is 0.444. The highest BCUT2D eigenvalue weighted by molar-refractivity contribution is 5.90. The molecule has 0 saturated carbocycles. The molecule has 0 radical (unpaired) electrons. The monoisotopic (exact) mass is 315 g/mol. The number of carbonyl (C=O) groups excluding carboxylic acids is 1. The molecule has 0 bridgehead atoms. The summed E-state index contributed by atoms with van der Waals surface area (Å²) < 4.78 is 0. The van der Waals surface area contributed by atoms with Gasteiger partial charge >= 0.3 is 0 Å². The van der Waals surface area contributed by atoms with E-state index in [2.05, 4.69) is 34.2 Å². The quantitative estimate of drug-likeness (QED) is 0.915. The summed E-state index contributed by atoms with van der Waals surface area (Å²) in [5, 5.41) is 7.88. The molecule has 2 aromatic rings. The number of likely N-dealkylation sites (tertiary alicyclic amines) is 1. The van der Waals surface area contributed by atoms with Crippen molar-refractivity contribution >= 4 is 5.91 Å². The van der Waals surface area contributed by atoms with Gasteiger partial charge in [-0.25, -0.2) is 4.98 Å². The zero-order chi connectivity index (χ0) is 16.5.